The van der Waals surface area contributed by atoms with Gasteiger partial charge in [-0.1, -0.05) is 24.1 Å². The fourth-order valence-electron chi connectivity index (χ4n) is 4.06. The number of hydrogen-bond acceptors (Lipinski definition) is 7. The van der Waals surface area contributed by atoms with Crippen LogP contribution in [0.15, 0.2) is 29.1 Å². The molecule has 0 radical (unpaired) electrons. The summed E-state index contributed by atoms with van der Waals surface area (Å²) in [4.78, 5) is 25.0. The molecule has 2 aromatic heterocycles. The highest BCUT2D eigenvalue weighted by Gasteiger charge is 2.26. The molecule has 2 N–H and O–H groups in total. The molecule has 0 spiro atoms. The third-order valence-corrected chi connectivity index (χ3v) is 5.61. The van der Waals surface area contributed by atoms with E-state index >= 15 is 0 Å². The van der Waals surface area contributed by atoms with Gasteiger partial charge in [0.05, 0.1) is 31.8 Å². The molecule has 1 unspecified atom stereocenters. The van der Waals surface area contributed by atoms with Crippen molar-refractivity contribution in [1.29, 1.82) is 5.26 Å². The second kappa shape index (κ2) is 10.4. The molecule has 0 aliphatic carbocycles. The Morgan fingerprint density at radius 3 is 2.76 bits per heavy atom. The Kier molecular flexibility index (Phi) is 7.59. The molecular weight excluding hydrogens is 442 g/mol. The maximum atomic E-state index is 13.7. The molecule has 33 heavy (non-hydrogen) atoms. The van der Waals surface area contributed by atoms with E-state index in [-0.39, 0.29) is 36.6 Å². The van der Waals surface area contributed by atoms with Crippen molar-refractivity contribution in [2.75, 3.05) is 25.1 Å². The van der Waals surface area contributed by atoms with Gasteiger partial charge in [0, 0.05) is 19.1 Å². The zero-order chi connectivity index (χ0) is 22.7. The van der Waals surface area contributed by atoms with Gasteiger partial charge in [-0.3, -0.25) is 13.9 Å². The number of imidazole rings is 1. The minimum atomic E-state index is -0.294. The van der Waals surface area contributed by atoms with Gasteiger partial charge in [0.15, 0.2) is 11.2 Å². The van der Waals surface area contributed by atoms with Crippen LogP contribution < -0.4 is 20.9 Å². The van der Waals surface area contributed by atoms with Crippen molar-refractivity contribution in [3.63, 3.8) is 0 Å². The molecule has 172 valence electrons. The van der Waals surface area contributed by atoms with Crippen LogP contribution in [0.5, 0.6) is 6.01 Å². The first-order valence-electron chi connectivity index (χ1n) is 10.5. The second-order valence-corrected chi connectivity index (χ2v) is 7.70. The monoisotopic (exact) mass is 467 g/mol. The van der Waals surface area contributed by atoms with Gasteiger partial charge in [0.2, 0.25) is 5.95 Å². The van der Waals surface area contributed by atoms with Crippen LogP contribution in [0.4, 0.5) is 5.95 Å². The topological polar surface area (TPSA) is 115 Å². The van der Waals surface area contributed by atoms with Crippen LogP contribution in [0.3, 0.4) is 0 Å². The van der Waals surface area contributed by atoms with E-state index in [0.29, 0.717) is 41.3 Å². The Morgan fingerprint density at radius 2 is 2.06 bits per heavy atom. The lowest BCUT2D eigenvalue weighted by Gasteiger charge is -2.31. The Bertz CT molecular complexity index is 1310. The van der Waals surface area contributed by atoms with Crippen LogP contribution in [0.25, 0.3) is 11.2 Å². The predicted molar refractivity (Wildman–Crippen MR) is 129 cm³/mol. The smallest absolute Gasteiger partial charge is 0.301 e. The molecule has 1 atom stereocenters. The number of nitrogens with two attached hydrogens (primary N) is 1. The van der Waals surface area contributed by atoms with Crippen molar-refractivity contribution in [3.05, 3.63) is 45.7 Å². The summed E-state index contributed by atoms with van der Waals surface area (Å²) < 4.78 is 8.67. The molecule has 1 aromatic carbocycles. The van der Waals surface area contributed by atoms with Crippen molar-refractivity contribution in [3.8, 4) is 23.9 Å². The summed E-state index contributed by atoms with van der Waals surface area (Å²) in [5.41, 5.74) is 7.76. The Labute approximate surface area is 198 Å². The number of ether oxygens (including phenoxy) is 1. The summed E-state index contributed by atoms with van der Waals surface area (Å²) in [5.74, 6) is 6.57. The summed E-state index contributed by atoms with van der Waals surface area (Å²) in [5, 5.41) is 9.44. The highest BCUT2D eigenvalue weighted by Crippen LogP contribution is 2.24. The van der Waals surface area contributed by atoms with Gasteiger partial charge in [-0.05, 0) is 31.4 Å². The predicted octanol–water partition coefficient (Wildman–Crippen LogP) is 1.89. The van der Waals surface area contributed by atoms with Gasteiger partial charge in [0.1, 0.15) is 0 Å². The van der Waals surface area contributed by atoms with E-state index in [9.17, 15) is 10.1 Å². The summed E-state index contributed by atoms with van der Waals surface area (Å²) in [6.45, 7) is 3.69. The van der Waals surface area contributed by atoms with Crippen LogP contribution in [-0.4, -0.2) is 45.3 Å². The molecule has 0 saturated carbocycles. The van der Waals surface area contributed by atoms with Crippen molar-refractivity contribution >= 4 is 29.5 Å². The minimum Gasteiger partial charge on any atom is -0.468 e. The highest BCUT2D eigenvalue weighted by molar-refractivity contribution is 5.85. The molecule has 1 aliphatic heterocycles. The van der Waals surface area contributed by atoms with Crippen molar-refractivity contribution < 1.29 is 4.74 Å². The molecule has 0 amide bonds. The van der Waals surface area contributed by atoms with Crippen LogP contribution in [0.2, 0.25) is 0 Å². The molecule has 3 aromatic rings. The van der Waals surface area contributed by atoms with Gasteiger partial charge < -0.3 is 15.4 Å². The van der Waals surface area contributed by atoms with Crippen molar-refractivity contribution in [2.45, 2.75) is 38.9 Å². The quantitative estimate of drug-likeness (QED) is 0.569. The lowest BCUT2D eigenvalue weighted by molar-refractivity contribution is 0.353. The number of methoxy groups -OCH3 is 1. The second-order valence-electron chi connectivity index (χ2n) is 7.70. The van der Waals surface area contributed by atoms with Crippen LogP contribution >= 0.6 is 12.4 Å². The number of piperidine rings is 1. The first-order valence-corrected chi connectivity index (χ1v) is 10.5. The minimum absolute atomic E-state index is 0. The van der Waals surface area contributed by atoms with E-state index < -0.39 is 0 Å². The molecule has 10 heteroatoms. The number of anilines is 1. The molecule has 1 saturated heterocycles. The van der Waals surface area contributed by atoms with Gasteiger partial charge >= 0.3 is 6.01 Å². The largest absolute Gasteiger partial charge is 0.468 e. The fourth-order valence-corrected chi connectivity index (χ4v) is 4.06. The Hall–Kier alpha value is -3.53. The highest BCUT2D eigenvalue weighted by atomic mass is 35.5. The summed E-state index contributed by atoms with van der Waals surface area (Å²) in [6, 6.07) is 9.52. The SMILES string of the molecule is CC#CCn1c(N2CCCC(N)C2)nc2nc(OC)n(Cc3ccccc3C#N)c(=O)c21.Cl. The van der Waals surface area contributed by atoms with Gasteiger partial charge in [-0.15, -0.1) is 18.3 Å². The van der Waals surface area contributed by atoms with Gasteiger partial charge in [-0.2, -0.15) is 15.2 Å². The number of benzene rings is 1. The summed E-state index contributed by atoms with van der Waals surface area (Å²) >= 11 is 0. The van der Waals surface area contributed by atoms with E-state index in [2.05, 4.69) is 32.8 Å². The molecular formula is C23H26ClN7O2. The molecule has 0 bridgehead atoms. The van der Waals surface area contributed by atoms with Gasteiger partial charge in [0.25, 0.3) is 5.56 Å². The lowest BCUT2D eigenvalue weighted by Crippen LogP contribution is -2.44. The average Bonchev–Trinajstić information content (AvgIpc) is 3.18. The Morgan fingerprint density at radius 1 is 1.27 bits per heavy atom. The van der Waals surface area contributed by atoms with E-state index in [1.165, 1.54) is 11.7 Å². The standard InChI is InChI=1S/C23H25N7O2.ClH/c1-3-4-12-29-19-20(26-22(29)28-11-7-10-18(25)15-28)27-23(32-2)30(21(19)31)14-17-9-6-5-8-16(17)13-24;/h5-6,8-9,18H,7,10-12,14-15,25H2,1-2H3;1H. The number of fused-ring (bicyclic) bond motifs is 1. The number of nitriles is 1. The van der Waals surface area contributed by atoms with Crippen molar-refractivity contribution in [1.82, 2.24) is 19.1 Å². The third-order valence-electron chi connectivity index (χ3n) is 5.61. The van der Waals surface area contributed by atoms with Crippen LogP contribution in [-0.2, 0) is 13.1 Å². The first kappa shape index (κ1) is 24.1. The number of nitrogens with zero attached hydrogens (tertiary/aromatic N) is 6. The number of hydrogen-bond donors (Lipinski definition) is 1. The van der Waals surface area contributed by atoms with Crippen LogP contribution in [0.1, 0.15) is 30.9 Å². The molecule has 4 rings (SSSR count). The number of halogens is 1. The van der Waals surface area contributed by atoms with Crippen LogP contribution in [0, 0.1) is 23.2 Å². The maximum Gasteiger partial charge on any atom is 0.301 e. The first-order chi connectivity index (χ1) is 15.6. The zero-order valence-electron chi connectivity index (χ0n) is 18.6. The molecule has 1 fully saturated rings. The van der Waals surface area contributed by atoms with E-state index in [1.807, 2.05) is 16.7 Å². The molecule has 3 heterocycles. The summed E-state index contributed by atoms with van der Waals surface area (Å²) in [6.07, 6.45) is 1.92. The van der Waals surface area contributed by atoms with Gasteiger partial charge in [-0.25, -0.2) is 0 Å². The summed E-state index contributed by atoms with van der Waals surface area (Å²) in [7, 11) is 1.46. The fraction of sp³-hybridized carbons (Fsp3) is 0.391. The lowest BCUT2D eigenvalue weighted by atomic mass is 10.1. The zero-order valence-corrected chi connectivity index (χ0v) is 19.4. The van der Waals surface area contributed by atoms with Crippen molar-refractivity contribution in [2.24, 2.45) is 5.73 Å². The average molecular weight is 468 g/mol. The maximum absolute atomic E-state index is 13.7. The number of rotatable bonds is 5. The molecule has 9 nitrogen and oxygen atoms in total. The van der Waals surface area contributed by atoms with E-state index in [4.69, 9.17) is 10.5 Å². The normalized spacial score (nSPS) is 15.3. The third kappa shape index (κ3) is 4.65. The number of aromatic nitrogens is 4. The molecule has 1 aliphatic rings. The van der Waals surface area contributed by atoms with E-state index in [1.54, 1.807) is 19.1 Å². The van der Waals surface area contributed by atoms with E-state index in [0.717, 1.165) is 19.4 Å². The Balaban J connectivity index is 0.00000306.